The van der Waals surface area contributed by atoms with E-state index in [1.54, 1.807) is 6.07 Å². The fourth-order valence-corrected chi connectivity index (χ4v) is 0.810. The van der Waals surface area contributed by atoms with Gasteiger partial charge in [0, 0.05) is 5.69 Å². The van der Waals surface area contributed by atoms with Crippen LogP contribution in [0.15, 0.2) is 18.3 Å². The van der Waals surface area contributed by atoms with Crippen molar-refractivity contribution >= 4 is 23.1 Å². The average molecular weight is 242 g/mol. The molecule has 0 amide bonds. The first-order chi connectivity index (χ1) is 6.24. The summed E-state index contributed by atoms with van der Waals surface area (Å²) >= 11 is 0. The number of aryl methyl sites for hydroxylation is 1. The van der Waals surface area contributed by atoms with Crippen molar-refractivity contribution in [1.82, 2.24) is 4.98 Å². The zero-order valence-electron chi connectivity index (χ0n) is 9.47. The van der Waals surface area contributed by atoms with E-state index in [9.17, 15) is 4.39 Å². The summed E-state index contributed by atoms with van der Waals surface area (Å²) in [6.45, 7) is 7.57. The van der Waals surface area contributed by atoms with Gasteiger partial charge >= 0.3 is 23.1 Å². The Morgan fingerprint density at radius 3 is 2.20 bits per heavy atom. The first kappa shape index (κ1) is 20.5. The fraction of sp³-hybridized carbons (Fsp3) is 0.455. The van der Waals surface area contributed by atoms with Gasteiger partial charge in [-0.2, -0.15) is 6.42 Å². The molecule has 1 rings (SSSR count). The molecule has 0 fully saturated rings. The molecule has 1 heterocycles. The van der Waals surface area contributed by atoms with Crippen LogP contribution in [0.5, 0.6) is 0 Å². The van der Waals surface area contributed by atoms with Gasteiger partial charge in [0.05, 0.1) is 6.20 Å². The van der Waals surface area contributed by atoms with Gasteiger partial charge < -0.3 is 19.3 Å². The summed E-state index contributed by atoms with van der Waals surface area (Å²) in [6.07, 6.45) is 4.24. The van der Waals surface area contributed by atoms with Crippen LogP contribution in [0.3, 0.4) is 0 Å². The second kappa shape index (κ2) is 14.1. The van der Waals surface area contributed by atoms with Crippen LogP contribution in [0.25, 0.3) is 0 Å². The third-order valence-corrected chi connectivity index (χ3v) is 1.29. The van der Waals surface area contributed by atoms with Crippen LogP contribution >= 0.6 is 0 Å². The van der Waals surface area contributed by atoms with Crippen molar-refractivity contribution in [3.8, 4) is 0 Å². The first-order valence-corrected chi connectivity index (χ1v) is 4.64. The molecule has 0 N–H and O–H groups in total. The number of rotatable bonds is 2. The molecule has 0 spiro atoms. The molecule has 82 valence electrons. The Bertz CT molecular complexity index is 216. The zero-order chi connectivity index (χ0) is 10.1. The molecule has 0 bridgehead atoms. The van der Waals surface area contributed by atoms with Crippen molar-refractivity contribution in [3.05, 3.63) is 36.8 Å². The minimum atomic E-state index is -0.264. The largest absolute Gasteiger partial charge is 2.00 e. The number of hydrogen-bond donors (Lipinski definition) is 0. The number of hydrogen-bond acceptors (Lipinski definition) is 1. The molecule has 1 nitrogen and oxygen atoms in total. The third-order valence-electron chi connectivity index (χ3n) is 1.29. The summed E-state index contributed by atoms with van der Waals surface area (Å²) in [5, 5.41) is 0. The van der Waals surface area contributed by atoms with Crippen LogP contribution in [0.1, 0.15) is 32.4 Å². The van der Waals surface area contributed by atoms with Crippen molar-refractivity contribution < 1.29 is 16.8 Å². The minimum absolute atomic E-state index is 0. The van der Waals surface area contributed by atoms with E-state index < -0.39 is 0 Å². The van der Waals surface area contributed by atoms with Crippen LogP contribution in [0.4, 0.5) is 4.39 Å². The number of aromatic nitrogens is 1. The summed E-state index contributed by atoms with van der Waals surface area (Å²) in [4.78, 5) is 3.89. The Hall–Kier alpha value is 0.136. The standard InChI is InChI=1S/C8H10FN.C3H7.ClH.Mg/c1-2-3-8-5-4-7(9)6-10-8;1-3-2;;/h4-6H,2-3H2,1H3;1,3H2,2H3;1H;/q;-1;;+2/p-1. The van der Waals surface area contributed by atoms with Gasteiger partial charge in [0.25, 0.3) is 0 Å². The topological polar surface area (TPSA) is 12.9 Å². The van der Waals surface area contributed by atoms with E-state index in [-0.39, 0.29) is 41.3 Å². The first-order valence-electron chi connectivity index (χ1n) is 4.64. The van der Waals surface area contributed by atoms with Crippen molar-refractivity contribution in [3.63, 3.8) is 0 Å². The maximum Gasteiger partial charge on any atom is 2.00 e. The van der Waals surface area contributed by atoms with Crippen LogP contribution in [0.2, 0.25) is 0 Å². The zero-order valence-corrected chi connectivity index (χ0v) is 11.6. The van der Waals surface area contributed by atoms with Crippen molar-refractivity contribution in [2.45, 2.75) is 33.1 Å². The molecule has 15 heavy (non-hydrogen) atoms. The fourth-order valence-electron chi connectivity index (χ4n) is 0.810. The Morgan fingerprint density at radius 1 is 1.33 bits per heavy atom. The Kier molecular flexibility index (Phi) is 19.4. The summed E-state index contributed by atoms with van der Waals surface area (Å²) in [5.41, 5.74) is 0.962. The predicted octanol–water partition coefficient (Wildman–Crippen LogP) is 0.0269. The van der Waals surface area contributed by atoms with Gasteiger partial charge in [-0.3, -0.25) is 4.98 Å². The molecule has 0 atom stereocenters. The second-order valence-corrected chi connectivity index (χ2v) is 2.72. The normalized spacial score (nSPS) is 7.73. The van der Waals surface area contributed by atoms with E-state index in [4.69, 9.17) is 0 Å². The van der Waals surface area contributed by atoms with E-state index in [1.165, 1.54) is 12.3 Å². The molecular weight excluding hydrogens is 225 g/mol. The molecule has 1 aromatic rings. The van der Waals surface area contributed by atoms with E-state index in [0.29, 0.717) is 0 Å². The molecule has 4 heteroatoms. The average Bonchev–Trinajstić information content (AvgIpc) is 2.11. The van der Waals surface area contributed by atoms with Crippen LogP contribution in [-0.4, -0.2) is 28.0 Å². The minimum Gasteiger partial charge on any atom is -1.00 e. The Labute approximate surface area is 114 Å². The molecule has 0 aliphatic heterocycles. The van der Waals surface area contributed by atoms with E-state index in [0.717, 1.165) is 25.0 Å². The van der Waals surface area contributed by atoms with Gasteiger partial charge in [0.15, 0.2) is 0 Å². The van der Waals surface area contributed by atoms with Crippen molar-refractivity contribution in [2.75, 3.05) is 0 Å². The Morgan fingerprint density at radius 2 is 1.87 bits per heavy atom. The maximum atomic E-state index is 12.3. The summed E-state index contributed by atoms with van der Waals surface area (Å²) < 4.78 is 12.3. The van der Waals surface area contributed by atoms with Gasteiger partial charge in [-0.1, -0.05) is 20.3 Å². The summed E-state index contributed by atoms with van der Waals surface area (Å²) in [7, 11) is 0. The monoisotopic (exact) mass is 241 g/mol. The SMILES string of the molecule is CCCc1ccc(F)cn1.[CH2-]CC.[Cl-].[Mg+2]. The van der Waals surface area contributed by atoms with Gasteiger partial charge in [0.1, 0.15) is 5.82 Å². The van der Waals surface area contributed by atoms with Crippen molar-refractivity contribution in [1.29, 1.82) is 0 Å². The second-order valence-electron chi connectivity index (χ2n) is 2.72. The smallest absolute Gasteiger partial charge is 1.00 e. The van der Waals surface area contributed by atoms with E-state index >= 15 is 0 Å². The predicted molar refractivity (Wildman–Crippen MR) is 59.6 cm³/mol. The molecule has 0 aromatic carbocycles. The van der Waals surface area contributed by atoms with Gasteiger partial charge in [-0.15, -0.1) is 0 Å². The molecule has 0 aliphatic carbocycles. The van der Waals surface area contributed by atoms with Gasteiger partial charge in [-0.25, -0.2) is 4.39 Å². The molecule has 0 unspecified atom stereocenters. The molecule has 0 radical (unpaired) electrons. The summed E-state index contributed by atoms with van der Waals surface area (Å²) in [5.74, 6) is -0.264. The maximum absolute atomic E-state index is 12.3. The molecule has 1 aromatic heterocycles. The Balaban J connectivity index is -0.000000260. The molecular formula is C11H17ClFMgN. The van der Waals surface area contributed by atoms with Crippen LogP contribution in [0, 0.1) is 12.7 Å². The van der Waals surface area contributed by atoms with Crippen LogP contribution in [-0.2, 0) is 6.42 Å². The molecule has 0 aliphatic rings. The molecule has 0 saturated heterocycles. The van der Waals surface area contributed by atoms with E-state index in [1.807, 2.05) is 6.92 Å². The number of nitrogens with zero attached hydrogens (tertiary/aromatic N) is 1. The number of halogens is 2. The van der Waals surface area contributed by atoms with E-state index in [2.05, 4.69) is 18.8 Å². The van der Waals surface area contributed by atoms with Crippen molar-refractivity contribution in [2.24, 2.45) is 0 Å². The quantitative estimate of drug-likeness (QED) is 0.526. The summed E-state index contributed by atoms with van der Waals surface area (Å²) in [6, 6.07) is 3.16. The molecule has 0 saturated carbocycles. The van der Waals surface area contributed by atoms with Gasteiger partial charge in [0.2, 0.25) is 0 Å². The number of pyridine rings is 1. The van der Waals surface area contributed by atoms with Gasteiger partial charge in [-0.05, 0) is 18.6 Å². The third kappa shape index (κ3) is 12.1. The van der Waals surface area contributed by atoms with Crippen LogP contribution < -0.4 is 12.4 Å².